The normalized spacial score (nSPS) is 37.2. The summed E-state index contributed by atoms with van der Waals surface area (Å²) in [5.41, 5.74) is 0.280. The zero-order chi connectivity index (χ0) is 8.60. The zero-order valence-corrected chi connectivity index (χ0v) is 8.18. The maximum absolute atomic E-state index is 5.70. The molecule has 1 unspecified atom stereocenters. The summed E-state index contributed by atoms with van der Waals surface area (Å²) in [6, 6.07) is 0.686. The fourth-order valence-corrected chi connectivity index (χ4v) is 2.29. The fourth-order valence-electron chi connectivity index (χ4n) is 2.29. The Balaban J connectivity index is 1.94. The van der Waals surface area contributed by atoms with Crippen molar-refractivity contribution >= 4 is 0 Å². The number of likely N-dealkylation sites (tertiary alicyclic amines) is 1. The van der Waals surface area contributed by atoms with E-state index < -0.39 is 0 Å². The molecule has 2 rings (SSSR count). The van der Waals surface area contributed by atoms with E-state index in [1.54, 1.807) is 0 Å². The van der Waals surface area contributed by atoms with Crippen molar-refractivity contribution in [3.8, 4) is 0 Å². The molecular formula is C10H19NO. The number of hydrogen-bond acceptors (Lipinski definition) is 2. The second-order valence-corrected chi connectivity index (χ2v) is 4.45. The first-order valence-corrected chi connectivity index (χ1v) is 5.10. The standard InChI is InChI=1S/C10H19NO/c1-9(2)11-6-3-4-10(8-11)5-7-12-10/h9H,3-8H2,1-2H3. The van der Waals surface area contributed by atoms with Crippen LogP contribution in [0.15, 0.2) is 0 Å². The second-order valence-electron chi connectivity index (χ2n) is 4.45. The lowest BCUT2D eigenvalue weighted by Gasteiger charge is -2.49. The van der Waals surface area contributed by atoms with E-state index in [2.05, 4.69) is 18.7 Å². The molecule has 2 nitrogen and oxygen atoms in total. The Labute approximate surface area is 74.9 Å². The van der Waals surface area contributed by atoms with Crippen LogP contribution in [0.5, 0.6) is 0 Å². The van der Waals surface area contributed by atoms with Gasteiger partial charge in [-0.1, -0.05) is 0 Å². The lowest BCUT2D eigenvalue weighted by molar-refractivity contribution is -0.179. The van der Waals surface area contributed by atoms with Gasteiger partial charge in [0.05, 0.1) is 12.2 Å². The molecule has 0 aromatic heterocycles. The minimum atomic E-state index is 0.280. The van der Waals surface area contributed by atoms with Gasteiger partial charge in [-0.3, -0.25) is 4.90 Å². The molecule has 0 N–H and O–H groups in total. The smallest absolute Gasteiger partial charge is 0.0831 e. The molecule has 0 amide bonds. The molecule has 0 saturated carbocycles. The van der Waals surface area contributed by atoms with E-state index in [1.807, 2.05) is 0 Å². The van der Waals surface area contributed by atoms with Crippen LogP contribution in [-0.2, 0) is 4.74 Å². The Morgan fingerprint density at radius 3 is 2.58 bits per heavy atom. The highest BCUT2D eigenvalue weighted by molar-refractivity contribution is 4.94. The zero-order valence-electron chi connectivity index (χ0n) is 8.18. The molecule has 0 aromatic rings. The highest BCUT2D eigenvalue weighted by Gasteiger charge is 2.42. The molecule has 0 aromatic carbocycles. The molecule has 0 radical (unpaired) electrons. The van der Waals surface area contributed by atoms with Crippen LogP contribution in [-0.4, -0.2) is 36.2 Å². The average molecular weight is 169 g/mol. The molecule has 2 aliphatic heterocycles. The summed E-state index contributed by atoms with van der Waals surface area (Å²) in [6.07, 6.45) is 3.89. The molecule has 2 fully saturated rings. The van der Waals surface area contributed by atoms with Gasteiger partial charge in [0.15, 0.2) is 0 Å². The maximum atomic E-state index is 5.70. The van der Waals surface area contributed by atoms with Gasteiger partial charge >= 0.3 is 0 Å². The molecule has 1 atom stereocenters. The van der Waals surface area contributed by atoms with E-state index in [0.29, 0.717) is 6.04 Å². The topological polar surface area (TPSA) is 12.5 Å². The maximum Gasteiger partial charge on any atom is 0.0831 e. The van der Waals surface area contributed by atoms with Gasteiger partial charge in [-0.25, -0.2) is 0 Å². The Hall–Kier alpha value is -0.0800. The van der Waals surface area contributed by atoms with Gasteiger partial charge in [0.25, 0.3) is 0 Å². The molecule has 2 heterocycles. The van der Waals surface area contributed by atoms with Crippen LogP contribution in [0.3, 0.4) is 0 Å². The van der Waals surface area contributed by atoms with Crippen LogP contribution >= 0.6 is 0 Å². The van der Waals surface area contributed by atoms with E-state index in [-0.39, 0.29) is 5.60 Å². The lowest BCUT2D eigenvalue weighted by Crippen LogP contribution is -2.57. The molecular weight excluding hydrogens is 150 g/mol. The van der Waals surface area contributed by atoms with Crippen LogP contribution in [0.4, 0.5) is 0 Å². The highest BCUT2D eigenvalue weighted by Crippen LogP contribution is 2.35. The third-order valence-electron chi connectivity index (χ3n) is 3.27. The third kappa shape index (κ3) is 1.38. The molecule has 2 saturated heterocycles. The van der Waals surface area contributed by atoms with E-state index in [1.165, 1.54) is 32.4 Å². The van der Waals surface area contributed by atoms with Crippen molar-refractivity contribution in [1.82, 2.24) is 4.90 Å². The first-order valence-electron chi connectivity index (χ1n) is 5.10. The number of hydrogen-bond donors (Lipinski definition) is 0. The van der Waals surface area contributed by atoms with Gasteiger partial charge in [-0.2, -0.15) is 0 Å². The monoisotopic (exact) mass is 169 g/mol. The summed E-state index contributed by atoms with van der Waals surface area (Å²) in [4.78, 5) is 2.54. The quantitative estimate of drug-likeness (QED) is 0.592. The van der Waals surface area contributed by atoms with Crippen molar-refractivity contribution in [2.75, 3.05) is 19.7 Å². The first-order chi connectivity index (χ1) is 5.72. The van der Waals surface area contributed by atoms with E-state index in [4.69, 9.17) is 4.74 Å². The van der Waals surface area contributed by atoms with Gasteiger partial charge in [-0.15, -0.1) is 0 Å². The molecule has 70 valence electrons. The largest absolute Gasteiger partial charge is 0.373 e. The predicted molar refractivity (Wildman–Crippen MR) is 49.2 cm³/mol. The van der Waals surface area contributed by atoms with Gasteiger partial charge in [0.2, 0.25) is 0 Å². The van der Waals surface area contributed by atoms with E-state index in [0.717, 1.165) is 6.61 Å². The van der Waals surface area contributed by atoms with Gasteiger partial charge in [-0.05, 0) is 33.2 Å². The van der Waals surface area contributed by atoms with Crippen molar-refractivity contribution in [2.45, 2.75) is 44.8 Å². The molecule has 0 aliphatic carbocycles. The Morgan fingerprint density at radius 2 is 2.08 bits per heavy atom. The molecule has 0 bridgehead atoms. The summed E-state index contributed by atoms with van der Waals surface area (Å²) in [7, 11) is 0. The van der Waals surface area contributed by atoms with Gasteiger partial charge in [0.1, 0.15) is 0 Å². The first kappa shape index (κ1) is 8.52. The highest BCUT2D eigenvalue weighted by atomic mass is 16.5. The van der Waals surface area contributed by atoms with Gasteiger partial charge < -0.3 is 4.74 Å². The summed E-state index contributed by atoms with van der Waals surface area (Å²) < 4.78 is 5.70. The van der Waals surface area contributed by atoms with Crippen LogP contribution in [0, 0.1) is 0 Å². The molecule has 2 aliphatic rings. The van der Waals surface area contributed by atoms with Crippen LogP contribution in [0.2, 0.25) is 0 Å². The van der Waals surface area contributed by atoms with Crippen molar-refractivity contribution < 1.29 is 4.74 Å². The number of ether oxygens (including phenoxy) is 1. The molecule has 1 spiro atoms. The van der Waals surface area contributed by atoms with Crippen LogP contribution < -0.4 is 0 Å². The summed E-state index contributed by atoms with van der Waals surface area (Å²) in [6.45, 7) is 7.98. The lowest BCUT2D eigenvalue weighted by atomic mass is 9.85. The van der Waals surface area contributed by atoms with Crippen LogP contribution in [0.25, 0.3) is 0 Å². The minimum absolute atomic E-state index is 0.280. The predicted octanol–water partition coefficient (Wildman–Crippen LogP) is 1.65. The Morgan fingerprint density at radius 1 is 1.33 bits per heavy atom. The summed E-state index contributed by atoms with van der Waals surface area (Å²) in [5.74, 6) is 0. The van der Waals surface area contributed by atoms with E-state index >= 15 is 0 Å². The number of nitrogens with zero attached hydrogens (tertiary/aromatic N) is 1. The van der Waals surface area contributed by atoms with Crippen molar-refractivity contribution in [2.24, 2.45) is 0 Å². The van der Waals surface area contributed by atoms with Gasteiger partial charge in [0, 0.05) is 19.0 Å². The molecule has 2 heteroatoms. The second kappa shape index (κ2) is 3.00. The summed E-state index contributed by atoms with van der Waals surface area (Å²) in [5, 5.41) is 0. The Kier molecular flexibility index (Phi) is 2.13. The summed E-state index contributed by atoms with van der Waals surface area (Å²) >= 11 is 0. The van der Waals surface area contributed by atoms with Crippen LogP contribution in [0.1, 0.15) is 33.1 Å². The minimum Gasteiger partial charge on any atom is -0.373 e. The van der Waals surface area contributed by atoms with E-state index in [9.17, 15) is 0 Å². The van der Waals surface area contributed by atoms with Crippen molar-refractivity contribution in [1.29, 1.82) is 0 Å². The third-order valence-corrected chi connectivity index (χ3v) is 3.27. The molecule has 12 heavy (non-hydrogen) atoms. The van der Waals surface area contributed by atoms with Crippen molar-refractivity contribution in [3.63, 3.8) is 0 Å². The number of rotatable bonds is 1. The Bertz CT molecular complexity index is 163. The SMILES string of the molecule is CC(C)N1CCCC2(CCO2)C1. The number of piperidine rings is 1. The average Bonchev–Trinajstić information content (AvgIpc) is 2.02. The fraction of sp³-hybridized carbons (Fsp3) is 1.00. The van der Waals surface area contributed by atoms with Crippen molar-refractivity contribution in [3.05, 3.63) is 0 Å².